The lowest BCUT2D eigenvalue weighted by molar-refractivity contribution is 0.0658. The van der Waals surface area contributed by atoms with Crippen molar-refractivity contribution in [2.45, 2.75) is 0 Å². The molecular weight excluding hydrogens is 334 g/mol. The molecule has 0 spiro atoms. The number of nitrogens with one attached hydrogen (secondary N) is 1. The SMILES string of the molecule is CN1CCN(C(=O)c2cnc(Nc3ccc4c(c3)OCCO4)cn2)CC1. The topological polar surface area (TPSA) is 79.8 Å². The molecule has 136 valence electrons. The van der Waals surface area contributed by atoms with Crippen LogP contribution in [0.25, 0.3) is 0 Å². The molecule has 0 bridgehead atoms. The van der Waals surface area contributed by atoms with E-state index >= 15 is 0 Å². The van der Waals surface area contributed by atoms with E-state index in [0.717, 1.165) is 24.5 Å². The van der Waals surface area contributed by atoms with Crippen molar-refractivity contribution in [1.29, 1.82) is 0 Å². The summed E-state index contributed by atoms with van der Waals surface area (Å²) >= 11 is 0. The smallest absolute Gasteiger partial charge is 0.274 e. The van der Waals surface area contributed by atoms with Crippen molar-refractivity contribution in [1.82, 2.24) is 19.8 Å². The van der Waals surface area contributed by atoms with Gasteiger partial charge < -0.3 is 24.6 Å². The van der Waals surface area contributed by atoms with E-state index in [0.29, 0.717) is 43.6 Å². The maximum atomic E-state index is 12.5. The van der Waals surface area contributed by atoms with Gasteiger partial charge in [0, 0.05) is 37.9 Å². The second-order valence-corrected chi connectivity index (χ2v) is 6.37. The van der Waals surface area contributed by atoms with E-state index in [-0.39, 0.29) is 5.91 Å². The van der Waals surface area contributed by atoms with Crippen LogP contribution in [0.15, 0.2) is 30.6 Å². The molecule has 1 aromatic heterocycles. The van der Waals surface area contributed by atoms with Crippen molar-refractivity contribution in [2.75, 3.05) is 51.8 Å². The molecule has 2 aliphatic rings. The highest BCUT2D eigenvalue weighted by molar-refractivity contribution is 5.92. The minimum Gasteiger partial charge on any atom is -0.486 e. The first-order chi connectivity index (χ1) is 12.7. The summed E-state index contributed by atoms with van der Waals surface area (Å²) in [5.74, 6) is 1.94. The molecule has 1 amide bonds. The zero-order chi connectivity index (χ0) is 17.9. The van der Waals surface area contributed by atoms with Gasteiger partial charge in [0.1, 0.15) is 24.7 Å². The minimum absolute atomic E-state index is 0.0727. The van der Waals surface area contributed by atoms with E-state index in [2.05, 4.69) is 27.2 Å². The first kappa shape index (κ1) is 16.6. The summed E-state index contributed by atoms with van der Waals surface area (Å²) in [6.45, 7) is 4.29. The highest BCUT2D eigenvalue weighted by Crippen LogP contribution is 2.33. The van der Waals surface area contributed by atoms with E-state index < -0.39 is 0 Å². The lowest BCUT2D eigenvalue weighted by Crippen LogP contribution is -2.47. The van der Waals surface area contributed by atoms with Crippen LogP contribution in [0.4, 0.5) is 11.5 Å². The van der Waals surface area contributed by atoms with Crippen LogP contribution < -0.4 is 14.8 Å². The molecule has 2 aliphatic heterocycles. The van der Waals surface area contributed by atoms with Crippen molar-refractivity contribution in [3.63, 3.8) is 0 Å². The number of carbonyl (C=O) groups excluding carboxylic acids is 1. The number of carbonyl (C=O) groups is 1. The Morgan fingerprint density at radius 3 is 2.54 bits per heavy atom. The van der Waals surface area contributed by atoms with Gasteiger partial charge in [0.15, 0.2) is 11.5 Å². The van der Waals surface area contributed by atoms with Crippen LogP contribution in [-0.4, -0.2) is 72.1 Å². The van der Waals surface area contributed by atoms with Gasteiger partial charge >= 0.3 is 0 Å². The van der Waals surface area contributed by atoms with Gasteiger partial charge in [-0.1, -0.05) is 0 Å². The molecule has 0 atom stereocenters. The Balaban J connectivity index is 1.42. The molecule has 1 fully saturated rings. The van der Waals surface area contributed by atoms with Crippen molar-refractivity contribution in [3.05, 3.63) is 36.3 Å². The van der Waals surface area contributed by atoms with Crippen LogP contribution in [0.1, 0.15) is 10.5 Å². The highest BCUT2D eigenvalue weighted by atomic mass is 16.6. The molecule has 0 radical (unpaired) electrons. The van der Waals surface area contributed by atoms with Gasteiger partial charge in [-0.25, -0.2) is 9.97 Å². The third kappa shape index (κ3) is 3.55. The van der Waals surface area contributed by atoms with Gasteiger partial charge in [-0.3, -0.25) is 4.79 Å². The van der Waals surface area contributed by atoms with E-state index in [1.54, 1.807) is 6.20 Å². The zero-order valence-electron chi connectivity index (χ0n) is 14.6. The number of aromatic nitrogens is 2. The maximum Gasteiger partial charge on any atom is 0.274 e. The molecule has 4 rings (SSSR count). The van der Waals surface area contributed by atoms with Crippen molar-refractivity contribution >= 4 is 17.4 Å². The number of piperazine rings is 1. The molecule has 2 aromatic rings. The fourth-order valence-corrected chi connectivity index (χ4v) is 2.94. The predicted octanol–water partition coefficient (Wildman–Crippen LogP) is 1.38. The number of nitrogens with zero attached hydrogens (tertiary/aromatic N) is 4. The summed E-state index contributed by atoms with van der Waals surface area (Å²) in [6, 6.07) is 5.60. The summed E-state index contributed by atoms with van der Waals surface area (Å²) in [6.07, 6.45) is 3.08. The molecular formula is C18H21N5O3. The van der Waals surface area contributed by atoms with Crippen LogP contribution >= 0.6 is 0 Å². The molecule has 8 heteroatoms. The largest absolute Gasteiger partial charge is 0.486 e. The van der Waals surface area contributed by atoms with E-state index in [9.17, 15) is 4.79 Å². The Morgan fingerprint density at radius 1 is 1.04 bits per heavy atom. The van der Waals surface area contributed by atoms with Crippen LogP contribution in [-0.2, 0) is 0 Å². The average molecular weight is 355 g/mol. The molecule has 8 nitrogen and oxygen atoms in total. The molecule has 1 N–H and O–H groups in total. The minimum atomic E-state index is -0.0727. The Morgan fingerprint density at radius 2 is 1.81 bits per heavy atom. The molecule has 3 heterocycles. The summed E-state index contributed by atoms with van der Waals surface area (Å²) in [5.41, 5.74) is 1.18. The fraction of sp³-hybridized carbons (Fsp3) is 0.389. The Labute approximate surface area is 151 Å². The number of likely N-dealkylation sites (N-methyl/N-ethyl adjacent to an activating group) is 1. The molecule has 1 saturated heterocycles. The summed E-state index contributed by atoms with van der Waals surface area (Å²) in [5, 5.41) is 3.16. The average Bonchev–Trinajstić information content (AvgIpc) is 2.68. The molecule has 26 heavy (non-hydrogen) atoms. The number of amides is 1. The third-order valence-electron chi connectivity index (χ3n) is 4.48. The lowest BCUT2D eigenvalue weighted by atomic mass is 10.2. The summed E-state index contributed by atoms with van der Waals surface area (Å²) < 4.78 is 11.1. The van der Waals surface area contributed by atoms with Gasteiger partial charge in [-0.05, 0) is 19.2 Å². The number of hydrogen-bond acceptors (Lipinski definition) is 7. The van der Waals surface area contributed by atoms with Crippen molar-refractivity contribution < 1.29 is 14.3 Å². The van der Waals surface area contributed by atoms with Crippen LogP contribution in [0.3, 0.4) is 0 Å². The highest BCUT2D eigenvalue weighted by Gasteiger charge is 2.21. The number of benzene rings is 1. The van der Waals surface area contributed by atoms with E-state index in [1.807, 2.05) is 23.1 Å². The second kappa shape index (κ2) is 7.17. The Kier molecular flexibility index (Phi) is 4.57. The van der Waals surface area contributed by atoms with Gasteiger partial charge in [0.2, 0.25) is 0 Å². The number of anilines is 2. The maximum absolute atomic E-state index is 12.5. The van der Waals surface area contributed by atoms with E-state index in [1.165, 1.54) is 6.20 Å². The first-order valence-corrected chi connectivity index (χ1v) is 8.65. The van der Waals surface area contributed by atoms with Crippen molar-refractivity contribution in [3.8, 4) is 11.5 Å². The van der Waals surface area contributed by atoms with Crippen LogP contribution in [0.5, 0.6) is 11.5 Å². The fourth-order valence-electron chi connectivity index (χ4n) is 2.94. The molecule has 0 saturated carbocycles. The van der Waals surface area contributed by atoms with Gasteiger partial charge in [0.25, 0.3) is 5.91 Å². The monoisotopic (exact) mass is 355 g/mol. The summed E-state index contributed by atoms with van der Waals surface area (Å²) in [4.78, 5) is 25.1. The van der Waals surface area contributed by atoms with Crippen LogP contribution in [0, 0.1) is 0 Å². The molecule has 0 unspecified atom stereocenters. The summed E-state index contributed by atoms with van der Waals surface area (Å²) in [7, 11) is 2.06. The number of rotatable bonds is 3. The molecule has 0 aliphatic carbocycles. The first-order valence-electron chi connectivity index (χ1n) is 8.65. The number of hydrogen-bond donors (Lipinski definition) is 1. The van der Waals surface area contributed by atoms with E-state index in [4.69, 9.17) is 9.47 Å². The lowest BCUT2D eigenvalue weighted by Gasteiger charge is -2.32. The predicted molar refractivity (Wildman–Crippen MR) is 96.1 cm³/mol. The van der Waals surface area contributed by atoms with Gasteiger partial charge in [-0.15, -0.1) is 0 Å². The zero-order valence-corrected chi connectivity index (χ0v) is 14.6. The Hall–Kier alpha value is -2.87. The van der Waals surface area contributed by atoms with Crippen LogP contribution in [0.2, 0.25) is 0 Å². The standard InChI is InChI=1S/C18H21N5O3/c1-22-4-6-23(7-5-22)18(24)14-11-20-17(12-19-14)21-13-2-3-15-16(10-13)26-9-8-25-15/h2-3,10-12H,4-9H2,1H3,(H,20,21). The van der Waals surface area contributed by atoms with Gasteiger partial charge in [-0.2, -0.15) is 0 Å². The van der Waals surface area contributed by atoms with Gasteiger partial charge in [0.05, 0.1) is 12.4 Å². The Bertz CT molecular complexity index is 788. The molecule has 1 aromatic carbocycles. The number of ether oxygens (including phenoxy) is 2. The third-order valence-corrected chi connectivity index (χ3v) is 4.48. The quantitative estimate of drug-likeness (QED) is 0.891. The second-order valence-electron chi connectivity index (χ2n) is 6.37. The number of fused-ring (bicyclic) bond motifs is 1. The normalized spacial score (nSPS) is 17.0. The van der Waals surface area contributed by atoms with Crippen molar-refractivity contribution in [2.24, 2.45) is 0 Å².